The molecule has 2 aromatic heterocycles. The molecule has 2 unspecified atom stereocenters. The van der Waals surface area contributed by atoms with E-state index in [2.05, 4.69) is 25.2 Å². The van der Waals surface area contributed by atoms with E-state index >= 15 is 0 Å². The lowest BCUT2D eigenvalue weighted by atomic mass is 10.0. The molecule has 0 radical (unpaired) electrons. The Morgan fingerprint density at radius 2 is 1.87 bits per heavy atom. The number of H-pyrrole nitrogens is 1. The molecular weight excluding hydrogens is 404 g/mol. The molecule has 0 saturated heterocycles. The fraction of sp³-hybridized carbons (Fsp3) is 0.250. The molecule has 30 heavy (non-hydrogen) atoms. The van der Waals surface area contributed by atoms with Crippen LogP contribution in [-0.4, -0.2) is 33.9 Å². The predicted octanol–water partition coefficient (Wildman–Crippen LogP) is 4.30. The van der Waals surface area contributed by atoms with Crippen molar-refractivity contribution in [1.29, 1.82) is 0 Å². The van der Waals surface area contributed by atoms with Crippen molar-refractivity contribution in [3.05, 3.63) is 66.2 Å². The van der Waals surface area contributed by atoms with Crippen molar-refractivity contribution in [2.75, 3.05) is 6.61 Å². The highest BCUT2D eigenvalue weighted by molar-refractivity contribution is 5.82. The largest absolute Gasteiger partial charge is 0.483 e. The highest BCUT2D eigenvalue weighted by Gasteiger charge is 2.28. The van der Waals surface area contributed by atoms with Crippen LogP contribution in [0.5, 0.6) is 5.75 Å². The fourth-order valence-electron chi connectivity index (χ4n) is 2.66. The summed E-state index contributed by atoms with van der Waals surface area (Å²) in [6.07, 6.45) is -1.90. The molecule has 2 heterocycles. The average molecular weight is 422 g/mol. The molecule has 0 bridgehead atoms. The van der Waals surface area contributed by atoms with Crippen LogP contribution in [-0.2, 0) is 4.79 Å². The van der Waals surface area contributed by atoms with Crippen molar-refractivity contribution in [3.8, 4) is 16.9 Å². The topological polar surface area (TPSA) is 79.9 Å². The van der Waals surface area contributed by atoms with E-state index in [0.717, 1.165) is 17.3 Å². The van der Waals surface area contributed by atoms with Crippen molar-refractivity contribution in [2.45, 2.75) is 25.3 Å². The quantitative estimate of drug-likeness (QED) is 0.557. The number of hydrogen-bond donors (Lipinski definition) is 2. The lowest BCUT2D eigenvalue weighted by Crippen LogP contribution is -2.30. The van der Waals surface area contributed by atoms with Crippen LogP contribution in [0, 0.1) is 0 Å². The first-order valence-electron chi connectivity index (χ1n) is 8.92. The molecule has 0 aliphatic heterocycles. The number of benzene rings is 1. The Labute approximate surface area is 169 Å². The molecular formula is C20H18F4N4O2. The van der Waals surface area contributed by atoms with Crippen molar-refractivity contribution in [3.63, 3.8) is 0 Å². The highest BCUT2D eigenvalue weighted by atomic mass is 19.4. The molecule has 2 atom stereocenters. The lowest BCUT2D eigenvalue weighted by molar-refractivity contribution is -0.153. The number of nitrogens with one attached hydrogen (secondary N) is 2. The SMILES string of the molecule is CC(NC(=O)C(F)c1ccc(-c2cn[nH]c2)cc1)c1ccc(OCC(F)(F)F)cn1. The summed E-state index contributed by atoms with van der Waals surface area (Å²) in [5, 5.41) is 9.03. The Balaban J connectivity index is 1.58. The first-order chi connectivity index (χ1) is 14.2. The number of carbonyl (C=O) groups is 1. The summed E-state index contributed by atoms with van der Waals surface area (Å²) >= 11 is 0. The Kier molecular flexibility index (Phi) is 6.34. The number of nitrogens with zero attached hydrogens (tertiary/aromatic N) is 2. The number of carbonyl (C=O) groups excluding carboxylic acids is 1. The maximum Gasteiger partial charge on any atom is 0.422 e. The monoisotopic (exact) mass is 422 g/mol. The first-order valence-corrected chi connectivity index (χ1v) is 8.92. The van der Waals surface area contributed by atoms with Crippen LogP contribution >= 0.6 is 0 Å². The zero-order chi connectivity index (χ0) is 21.7. The number of alkyl halides is 4. The van der Waals surface area contributed by atoms with Gasteiger partial charge in [-0.1, -0.05) is 24.3 Å². The summed E-state index contributed by atoms with van der Waals surface area (Å²) in [4.78, 5) is 16.2. The Morgan fingerprint density at radius 3 is 2.43 bits per heavy atom. The zero-order valence-corrected chi connectivity index (χ0v) is 15.8. The third-order valence-electron chi connectivity index (χ3n) is 4.23. The van der Waals surface area contributed by atoms with Gasteiger partial charge in [0.05, 0.1) is 24.1 Å². The molecule has 2 N–H and O–H groups in total. The number of aromatic amines is 1. The molecule has 0 saturated carbocycles. The third kappa shape index (κ3) is 5.56. The number of rotatable bonds is 7. The summed E-state index contributed by atoms with van der Waals surface area (Å²) < 4.78 is 55.7. The van der Waals surface area contributed by atoms with E-state index in [4.69, 9.17) is 0 Å². The molecule has 0 aliphatic carbocycles. The van der Waals surface area contributed by atoms with E-state index in [1.54, 1.807) is 31.5 Å². The second-order valence-electron chi connectivity index (χ2n) is 6.52. The zero-order valence-electron chi connectivity index (χ0n) is 15.8. The first kappa shape index (κ1) is 21.3. The van der Waals surface area contributed by atoms with Crippen LogP contribution in [0.25, 0.3) is 11.1 Å². The fourth-order valence-corrected chi connectivity index (χ4v) is 2.66. The van der Waals surface area contributed by atoms with Crippen LogP contribution in [0.4, 0.5) is 17.6 Å². The van der Waals surface area contributed by atoms with Gasteiger partial charge in [-0.3, -0.25) is 14.9 Å². The number of pyridine rings is 1. The van der Waals surface area contributed by atoms with Gasteiger partial charge in [-0.2, -0.15) is 18.3 Å². The Morgan fingerprint density at radius 1 is 1.13 bits per heavy atom. The van der Waals surface area contributed by atoms with Gasteiger partial charge < -0.3 is 10.1 Å². The minimum Gasteiger partial charge on any atom is -0.483 e. The number of hydrogen-bond acceptors (Lipinski definition) is 4. The average Bonchev–Trinajstić information content (AvgIpc) is 3.26. The maximum absolute atomic E-state index is 14.6. The summed E-state index contributed by atoms with van der Waals surface area (Å²) in [5.74, 6) is -0.909. The Hall–Kier alpha value is -3.43. The van der Waals surface area contributed by atoms with Gasteiger partial charge in [0, 0.05) is 11.8 Å². The summed E-state index contributed by atoms with van der Waals surface area (Å²) in [7, 11) is 0. The van der Waals surface area contributed by atoms with Crippen LogP contribution in [0.15, 0.2) is 55.0 Å². The summed E-state index contributed by atoms with van der Waals surface area (Å²) in [6.45, 7) is 0.161. The van der Waals surface area contributed by atoms with E-state index in [9.17, 15) is 22.4 Å². The van der Waals surface area contributed by atoms with E-state index in [1.807, 2.05) is 0 Å². The maximum atomic E-state index is 14.6. The van der Waals surface area contributed by atoms with Gasteiger partial charge in [0.15, 0.2) is 6.61 Å². The number of ether oxygens (including phenoxy) is 1. The molecule has 0 spiro atoms. The predicted molar refractivity (Wildman–Crippen MR) is 100 cm³/mol. The minimum absolute atomic E-state index is 0.0596. The van der Waals surface area contributed by atoms with Gasteiger partial charge in [0.1, 0.15) is 5.75 Å². The molecule has 1 amide bonds. The molecule has 6 nitrogen and oxygen atoms in total. The summed E-state index contributed by atoms with van der Waals surface area (Å²) in [6, 6.07) is 8.46. The highest BCUT2D eigenvalue weighted by Crippen LogP contribution is 2.24. The number of amides is 1. The minimum atomic E-state index is -4.45. The van der Waals surface area contributed by atoms with Gasteiger partial charge >= 0.3 is 6.18 Å². The molecule has 10 heteroatoms. The molecule has 0 fully saturated rings. The van der Waals surface area contributed by atoms with E-state index in [-0.39, 0.29) is 11.3 Å². The molecule has 1 aromatic carbocycles. The molecule has 3 aromatic rings. The second kappa shape index (κ2) is 8.93. The van der Waals surface area contributed by atoms with E-state index in [0.29, 0.717) is 5.69 Å². The van der Waals surface area contributed by atoms with Gasteiger partial charge in [-0.25, -0.2) is 4.39 Å². The smallest absolute Gasteiger partial charge is 0.422 e. The van der Waals surface area contributed by atoms with E-state index in [1.165, 1.54) is 24.3 Å². The Bertz CT molecular complexity index is 958. The van der Waals surface area contributed by atoms with Crippen LogP contribution in [0.1, 0.15) is 30.4 Å². The number of aromatic nitrogens is 3. The van der Waals surface area contributed by atoms with Crippen molar-refractivity contribution >= 4 is 5.91 Å². The van der Waals surface area contributed by atoms with Gasteiger partial charge in [-0.15, -0.1) is 0 Å². The van der Waals surface area contributed by atoms with Gasteiger partial charge in [-0.05, 0) is 30.2 Å². The molecule has 3 rings (SSSR count). The van der Waals surface area contributed by atoms with Crippen LogP contribution < -0.4 is 10.1 Å². The van der Waals surface area contributed by atoms with Crippen molar-refractivity contribution < 1.29 is 27.1 Å². The van der Waals surface area contributed by atoms with Crippen LogP contribution in [0.3, 0.4) is 0 Å². The normalized spacial score (nSPS) is 13.5. The summed E-state index contributed by atoms with van der Waals surface area (Å²) in [5.41, 5.74) is 2.20. The second-order valence-corrected chi connectivity index (χ2v) is 6.52. The third-order valence-corrected chi connectivity index (χ3v) is 4.23. The lowest BCUT2D eigenvalue weighted by Gasteiger charge is -2.16. The molecule has 158 valence electrons. The van der Waals surface area contributed by atoms with Gasteiger partial charge in [0.25, 0.3) is 5.91 Å². The van der Waals surface area contributed by atoms with Crippen LogP contribution in [0.2, 0.25) is 0 Å². The molecule has 0 aliphatic rings. The van der Waals surface area contributed by atoms with Crippen molar-refractivity contribution in [1.82, 2.24) is 20.5 Å². The van der Waals surface area contributed by atoms with Crippen molar-refractivity contribution in [2.24, 2.45) is 0 Å². The standard InChI is InChI=1S/C20H18F4N4O2/c1-12(17-7-6-16(10-25-17)30-11-20(22,23)24)28-19(29)18(21)14-4-2-13(3-5-14)15-8-26-27-9-15/h2-10,12,18H,11H2,1H3,(H,26,27)(H,28,29). The number of halogens is 4. The van der Waals surface area contributed by atoms with E-state index < -0.39 is 30.9 Å². The van der Waals surface area contributed by atoms with Gasteiger partial charge in [0.2, 0.25) is 6.17 Å².